The molecular weight excluding hydrogens is 155 g/mol. The van der Waals surface area contributed by atoms with Gasteiger partial charge in [0.2, 0.25) is 0 Å². The van der Waals surface area contributed by atoms with Crippen molar-refractivity contribution in [2.75, 3.05) is 6.61 Å². The summed E-state index contributed by atoms with van der Waals surface area (Å²) in [5.74, 6) is -1.75. The van der Waals surface area contributed by atoms with Crippen molar-refractivity contribution < 1.29 is 19.4 Å². The number of carbonyl (C=O) groups is 1. The summed E-state index contributed by atoms with van der Waals surface area (Å²) in [6.45, 7) is 5.00. The first-order valence-corrected chi connectivity index (χ1v) is 3.43. The molecule has 0 bridgehead atoms. The molecule has 4 nitrogen and oxygen atoms in total. The molecule has 12 heavy (non-hydrogen) atoms. The number of rotatable bonds is 1. The molecule has 5 heteroatoms. The van der Waals surface area contributed by atoms with Crippen LogP contribution < -0.4 is 0 Å². The zero-order valence-electron chi connectivity index (χ0n) is 6.88. The Labute approximate surface area is 83.4 Å². The van der Waals surface area contributed by atoms with Gasteiger partial charge in [-0.15, -0.1) is 0 Å². The summed E-state index contributed by atoms with van der Waals surface area (Å²) in [6, 6.07) is 0. The molecule has 0 spiro atoms. The van der Waals surface area contributed by atoms with Crippen molar-refractivity contribution in [3.63, 3.8) is 0 Å². The van der Waals surface area contributed by atoms with Gasteiger partial charge in [0.05, 0.1) is 6.61 Å². The molecule has 1 heterocycles. The molecule has 0 unspecified atom stereocenters. The van der Waals surface area contributed by atoms with E-state index in [0.717, 1.165) is 0 Å². The normalized spacial score (nSPS) is 32.6. The summed E-state index contributed by atoms with van der Waals surface area (Å²) >= 11 is 0. The van der Waals surface area contributed by atoms with E-state index in [-0.39, 0.29) is 25.5 Å². The fourth-order valence-corrected chi connectivity index (χ4v) is 1.02. The van der Waals surface area contributed by atoms with Crippen LogP contribution in [0, 0.1) is 0 Å². The Morgan fingerprint density at radius 1 is 1.42 bits per heavy atom. The molecular formula is C7H13LiO4. The van der Waals surface area contributed by atoms with Gasteiger partial charge in [-0.05, 0) is 20.8 Å². The maximum absolute atomic E-state index is 10.6. The average Bonchev–Trinajstić information content (AvgIpc) is 2.08. The van der Waals surface area contributed by atoms with Gasteiger partial charge in [0.15, 0.2) is 11.4 Å². The number of hydrogen-bond donors (Lipinski definition) is 1. The molecule has 1 fully saturated rings. The molecule has 1 N–H and O–H groups in total. The zero-order chi connectivity index (χ0) is 8.70. The first-order valence-electron chi connectivity index (χ1n) is 3.43. The third-order valence-corrected chi connectivity index (χ3v) is 1.62. The average molecular weight is 168 g/mol. The Bertz CT molecular complexity index is 192. The molecule has 1 rings (SSSR count). The van der Waals surface area contributed by atoms with Crippen LogP contribution in [0.2, 0.25) is 0 Å². The summed E-state index contributed by atoms with van der Waals surface area (Å²) in [7, 11) is 0. The first-order chi connectivity index (χ1) is 4.86. The van der Waals surface area contributed by atoms with Crippen LogP contribution in [0.3, 0.4) is 0 Å². The van der Waals surface area contributed by atoms with Crippen LogP contribution in [-0.4, -0.2) is 47.9 Å². The second-order valence-corrected chi connectivity index (χ2v) is 3.33. The minimum absolute atomic E-state index is 0. The van der Waals surface area contributed by atoms with Gasteiger partial charge in [0, 0.05) is 0 Å². The van der Waals surface area contributed by atoms with Crippen molar-refractivity contribution in [1.82, 2.24) is 0 Å². The molecule has 0 aromatic carbocycles. The molecule has 0 amide bonds. The Morgan fingerprint density at radius 3 is 2.08 bits per heavy atom. The van der Waals surface area contributed by atoms with Gasteiger partial charge in [-0.2, -0.15) is 0 Å². The molecule has 0 aromatic heterocycles. The summed E-state index contributed by atoms with van der Waals surface area (Å²) < 4.78 is 10.3. The number of ether oxygens (including phenoxy) is 2. The van der Waals surface area contributed by atoms with Gasteiger partial charge < -0.3 is 14.6 Å². The van der Waals surface area contributed by atoms with Crippen molar-refractivity contribution in [3.05, 3.63) is 0 Å². The van der Waals surface area contributed by atoms with E-state index in [0.29, 0.717) is 0 Å². The van der Waals surface area contributed by atoms with Crippen LogP contribution in [0.4, 0.5) is 0 Å². The van der Waals surface area contributed by atoms with Crippen LogP contribution >= 0.6 is 0 Å². The number of carboxylic acid groups (broad SMARTS) is 1. The van der Waals surface area contributed by atoms with Gasteiger partial charge in [0.25, 0.3) is 0 Å². The fraction of sp³-hybridized carbons (Fsp3) is 0.857. The van der Waals surface area contributed by atoms with Gasteiger partial charge in [0.1, 0.15) is 0 Å². The quantitative estimate of drug-likeness (QED) is 0.558. The molecule has 1 saturated heterocycles. The van der Waals surface area contributed by atoms with Gasteiger partial charge in [-0.3, -0.25) is 0 Å². The van der Waals surface area contributed by atoms with E-state index in [9.17, 15) is 4.79 Å². The third-order valence-electron chi connectivity index (χ3n) is 1.62. The fourth-order valence-electron chi connectivity index (χ4n) is 1.02. The van der Waals surface area contributed by atoms with E-state index in [1.54, 1.807) is 13.8 Å². The summed E-state index contributed by atoms with van der Waals surface area (Å²) in [4.78, 5) is 10.6. The Hall–Kier alpha value is -0.0126. The molecule has 0 radical (unpaired) electrons. The number of carboxylic acids is 1. The van der Waals surface area contributed by atoms with E-state index in [2.05, 4.69) is 0 Å². The van der Waals surface area contributed by atoms with E-state index in [1.807, 2.05) is 0 Å². The minimum atomic E-state index is -1.18. The van der Waals surface area contributed by atoms with Crippen molar-refractivity contribution in [3.8, 4) is 0 Å². The Morgan fingerprint density at radius 2 is 1.92 bits per heavy atom. The monoisotopic (exact) mass is 168 g/mol. The summed E-state index contributed by atoms with van der Waals surface area (Å²) in [5, 5.41) is 8.70. The molecule has 66 valence electrons. The summed E-state index contributed by atoms with van der Waals surface area (Å²) in [6.07, 6.45) is 0. The van der Waals surface area contributed by atoms with E-state index >= 15 is 0 Å². The van der Waals surface area contributed by atoms with Crippen molar-refractivity contribution in [1.29, 1.82) is 0 Å². The summed E-state index contributed by atoms with van der Waals surface area (Å²) in [5.41, 5.74) is -1.18. The van der Waals surface area contributed by atoms with Gasteiger partial charge in [-0.1, -0.05) is 0 Å². The SMILES string of the molecule is CC1(C)OC[C@@](C)(C(=O)O)O1.[LiH]. The zero-order valence-corrected chi connectivity index (χ0v) is 6.88. The van der Waals surface area contributed by atoms with Crippen molar-refractivity contribution >= 4 is 24.8 Å². The van der Waals surface area contributed by atoms with Crippen molar-refractivity contribution in [2.45, 2.75) is 32.2 Å². The van der Waals surface area contributed by atoms with Crippen molar-refractivity contribution in [2.24, 2.45) is 0 Å². The second-order valence-electron chi connectivity index (χ2n) is 3.33. The van der Waals surface area contributed by atoms with Crippen LogP contribution in [0.15, 0.2) is 0 Å². The topological polar surface area (TPSA) is 55.8 Å². The van der Waals surface area contributed by atoms with E-state index < -0.39 is 17.4 Å². The van der Waals surface area contributed by atoms with Gasteiger partial charge in [-0.25, -0.2) is 4.79 Å². The second kappa shape index (κ2) is 3.39. The first kappa shape index (κ1) is 12.0. The van der Waals surface area contributed by atoms with E-state index in [4.69, 9.17) is 14.6 Å². The van der Waals surface area contributed by atoms with Crippen LogP contribution in [0.5, 0.6) is 0 Å². The predicted molar refractivity (Wildman–Crippen MR) is 44.3 cm³/mol. The molecule has 1 aliphatic heterocycles. The molecule has 0 aliphatic carbocycles. The Balaban J connectivity index is 0.00000121. The predicted octanol–water partition coefficient (Wildman–Crippen LogP) is -0.0359. The third kappa shape index (κ3) is 2.24. The maximum atomic E-state index is 10.6. The van der Waals surface area contributed by atoms with Crippen LogP contribution in [0.1, 0.15) is 20.8 Å². The van der Waals surface area contributed by atoms with E-state index in [1.165, 1.54) is 6.92 Å². The number of aliphatic carboxylic acids is 1. The molecule has 1 aliphatic rings. The van der Waals surface area contributed by atoms with Gasteiger partial charge >= 0.3 is 24.8 Å². The molecule has 0 aromatic rings. The van der Waals surface area contributed by atoms with Crippen LogP contribution in [0.25, 0.3) is 0 Å². The van der Waals surface area contributed by atoms with Crippen LogP contribution in [-0.2, 0) is 14.3 Å². The molecule has 0 saturated carbocycles. The standard InChI is InChI=1S/C7H12O4.Li.H/c1-6(2)10-4-7(3,11-6)5(8)9;;/h4H2,1-3H3,(H,8,9);;/t7-;;/m0../s1. The Kier molecular flexibility index (Phi) is 3.38. The molecule has 1 atom stereocenters. The number of hydrogen-bond acceptors (Lipinski definition) is 3.